The number of rotatable bonds is 5. The molecule has 0 saturated heterocycles. The van der Waals surface area contributed by atoms with Gasteiger partial charge in [0.1, 0.15) is 12.4 Å². The van der Waals surface area contributed by atoms with Gasteiger partial charge in [0.2, 0.25) is 0 Å². The minimum Gasteiger partial charge on any atom is -0.485 e. The second-order valence-electron chi connectivity index (χ2n) is 4.28. The molecular weight excluding hydrogens is 284 g/mol. The molecule has 2 aromatic rings. The van der Waals surface area contributed by atoms with Gasteiger partial charge in [-0.05, 0) is 25.2 Å². The number of nitrogens with one attached hydrogen (secondary N) is 1. The van der Waals surface area contributed by atoms with Crippen LogP contribution in [-0.4, -0.2) is 7.05 Å². The zero-order valence-corrected chi connectivity index (χ0v) is 11.7. The van der Waals surface area contributed by atoms with E-state index in [1.165, 1.54) is 18.2 Å². The number of halogens is 3. The van der Waals surface area contributed by atoms with Gasteiger partial charge in [-0.2, -0.15) is 0 Å². The second kappa shape index (κ2) is 6.68. The molecule has 1 N–H and O–H groups in total. The first-order chi connectivity index (χ1) is 9.61. The molecule has 5 heteroatoms. The van der Waals surface area contributed by atoms with E-state index in [4.69, 9.17) is 16.3 Å². The Hall–Kier alpha value is -1.65. The fourth-order valence-electron chi connectivity index (χ4n) is 1.83. The van der Waals surface area contributed by atoms with Crippen molar-refractivity contribution in [3.8, 4) is 5.75 Å². The molecule has 2 nitrogen and oxygen atoms in total. The predicted octanol–water partition coefficient (Wildman–Crippen LogP) is 3.92. The third-order valence-corrected chi connectivity index (χ3v) is 3.04. The summed E-state index contributed by atoms with van der Waals surface area (Å²) in [6.07, 6.45) is 0. The Kier molecular flexibility index (Phi) is 4.93. The summed E-state index contributed by atoms with van der Waals surface area (Å²) in [6.45, 7) is 0.414. The third-order valence-electron chi connectivity index (χ3n) is 2.80. The molecule has 0 radical (unpaired) electrons. The zero-order valence-electron chi connectivity index (χ0n) is 10.9. The average Bonchev–Trinajstić information content (AvgIpc) is 2.40. The van der Waals surface area contributed by atoms with Crippen LogP contribution in [0.4, 0.5) is 8.78 Å². The molecule has 0 amide bonds. The van der Waals surface area contributed by atoms with E-state index >= 15 is 0 Å². The summed E-state index contributed by atoms with van der Waals surface area (Å²) >= 11 is 5.68. The first-order valence-electron chi connectivity index (χ1n) is 6.10. The van der Waals surface area contributed by atoms with Crippen LogP contribution in [0.1, 0.15) is 11.1 Å². The van der Waals surface area contributed by atoms with E-state index in [2.05, 4.69) is 5.32 Å². The van der Waals surface area contributed by atoms with Crippen LogP contribution in [0, 0.1) is 11.6 Å². The minimum absolute atomic E-state index is 0.0549. The van der Waals surface area contributed by atoms with Crippen LogP contribution in [0.5, 0.6) is 5.75 Å². The normalized spacial score (nSPS) is 10.6. The molecule has 0 fully saturated rings. The van der Waals surface area contributed by atoms with Crippen molar-refractivity contribution in [1.29, 1.82) is 0 Å². The highest BCUT2D eigenvalue weighted by Gasteiger charge is 2.11. The van der Waals surface area contributed by atoms with Gasteiger partial charge in [-0.25, -0.2) is 8.78 Å². The van der Waals surface area contributed by atoms with Gasteiger partial charge in [0.25, 0.3) is 0 Å². The van der Waals surface area contributed by atoms with Crippen LogP contribution in [-0.2, 0) is 13.2 Å². The van der Waals surface area contributed by atoms with Gasteiger partial charge in [-0.1, -0.05) is 29.8 Å². The van der Waals surface area contributed by atoms with Crippen LogP contribution in [0.25, 0.3) is 0 Å². The molecule has 106 valence electrons. The van der Waals surface area contributed by atoms with E-state index in [1.807, 2.05) is 0 Å². The number of para-hydroxylation sites is 1. The molecule has 0 aliphatic carbocycles. The van der Waals surface area contributed by atoms with Crippen molar-refractivity contribution >= 4 is 11.6 Å². The topological polar surface area (TPSA) is 21.3 Å². The minimum atomic E-state index is -0.469. The van der Waals surface area contributed by atoms with Crippen LogP contribution in [0.3, 0.4) is 0 Å². The lowest BCUT2D eigenvalue weighted by molar-refractivity contribution is 0.281. The Balaban J connectivity index is 2.18. The smallest absolute Gasteiger partial charge is 0.165 e. The van der Waals surface area contributed by atoms with Gasteiger partial charge >= 0.3 is 0 Å². The second-order valence-corrected chi connectivity index (χ2v) is 4.72. The first kappa shape index (κ1) is 14.8. The number of hydrogen-bond acceptors (Lipinski definition) is 2. The van der Waals surface area contributed by atoms with Crippen LogP contribution in [0.15, 0.2) is 36.4 Å². The Labute approximate surface area is 121 Å². The lowest BCUT2D eigenvalue weighted by Crippen LogP contribution is -2.09. The maximum atomic E-state index is 13.8. The van der Waals surface area contributed by atoms with Crippen LogP contribution in [0.2, 0.25) is 5.02 Å². The van der Waals surface area contributed by atoms with Gasteiger partial charge in [0, 0.05) is 22.7 Å². The predicted molar refractivity (Wildman–Crippen MR) is 74.9 cm³/mol. The van der Waals surface area contributed by atoms with Crippen molar-refractivity contribution in [3.63, 3.8) is 0 Å². The Morgan fingerprint density at radius 3 is 2.60 bits per heavy atom. The van der Waals surface area contributed by atoms with Gasteiger partial charge in [0.15, 0.2) is 11.6 Å². The lowest BCUT2D eigenvalue weighted by Gasteiger charge is -2.12. The molecule has 0 aliphatic rings. The molecule has 0 heterocycles. The molecule has 0 atom stereocenters. The van der Waals surface area contributed by atoms with Gasteiger partial charge in [-0.15, -0.1) is 0 Å². The summed E-state index contributed by atoms with van der Waals surface area (Å²) in [5, 5.41) is 3.24. The molecule has 0 aliphatic heterocycles. The number of benzene rings is 2. The van der Waals surface area contributed by atoms with E-state index in [1.54, 1.807) is 25.2 Å². The first-order valence-corrected chi connectivity index (χ1v) is 6.48. The van der Waals surface area contributed by atoms with Gasteiger partial charge in [-0.3, -0.25) is 0 Å². The molecule has 20 heavy (non-hydrogen) atoms. The average molecular weight is 298 g/mol. The molecular formula is C15H14ClF2NO. The molecule has 0 unspecified atom stereocenters. The van der Waals surface area contributed by atoms with Crippen molar-refractivity contribution in [1.82, 2.24) is 5.32 Å². The molecule has 0 saturated carbocycles. The van der Waals surface area contributed by atoms with Gasteiger partial charge < -0.3 is 10.1 Å². The standard InChI is InChI=1S/C15H14ClF2NO/c1-19-8-10-3-2-4-13(17)15(10)20-9-11-5-6-12(16)7-14(11)18/h2-7,19H,8-9H2,1H3. The molecule has 0 spiro atoms. The summed E-state index contributed by atoms with van der Waals surface area (Å²) in [5.41, 5.74) is 1.01. The van der Waals surface area contributed by atoms with Crippen molar-refractivity contribution in [2.45, 2.75) is 13.2 Å². The molecule has 2 aromatic carbocycles. The highest BCUT2D eigenvalue weighted by Crippen LogP contribution is 2.24. The van der Waals surface area contributed by atoms with Crippen molar-refractivity contribution in [3.05, 3.63) is 64.2 Å². The van der Waals surface area contributed by atoms with Gasteiger partial charge in [0.05, 0.1) is 0 Å². The van der Waals surface area contributed by atoms with Crippen LogP contribution < -0.4 is 10.1 Å². The molecule has 0 aromatic heterocycles. The van der Waals surface area contributed by atoms with Crippen molar-refractivity contribution in [2.75, 3.05) is 7.05 Å². The van der Waals surface area contributed by atoms with E-state index < -0.39 is 11.6 Å². The Morgan fingerprint density at radius 1 is 1.10 bits per heavy atom. The van der Waals surface area contributed by atoms with E-state index in [0.29, 0.717) is 22.7 Å². The highest BCUT2D eigenvalue weighted by atomic mass is 35.5. The number of ether oxygens (including phenoxy) is 1. The van der Waals surface area contributed by atoms with E-state index in [-0.39, 0.29) is 12.4 Å². The van der Waals surface area contributed by atoms with E-state index in [9.17, 15) is 8.78 Å². The maximum absolute atomic E-state index is 13.8. The molecule has 2 rings (SSSR count). The summed E-state index contributed by atoms with van der Waals surface area (Å²) in [5.74, 6) is -0.799. The fourth-order valence-corrected chi connectivity index (χ4v) is 1.99. The fraction of sp³-hybridized carbons (Fsp3) is 0.200. The highest BCUT2D eigenvalue weighted by molar-refractivity contribution is 6.30. The zero-order chi connectivity index (χ0) is 14.5. The lowest BCUT2D eigenvalue weighted by atomic mass is 10.2. The summed E-state index contributed by atoms with van der Waals surface area (Å²) < 4.78 is 32.8. The maximum Gasteiger partial charge on any atom is 0.165 e. The largest absolute Gasteiger partial charge is 0.485 e. The van der Waals surface area contributed by atoms with E-state index in [0.717, 1.165) is 0 Å². The Bertz CT molecular complexity index is 604. The van der Waals surface area contributed by atoms with Crippen LogP contribution >= 0.6 is 11.6 Å². The Morgan fingerprint density at radius 2 is 1.90 bits per heavy atom. The number of hydrogen-bond donors (Lipinski definition) is 1. The summed E-state index contributed by atoms with van der Waals surface area (Å²) in [6, 6.07) is 8.98. The summed E-state index contributed by atoms with van der Waals surface area (Å²) in [4.78, 5) is 0. The molecule has 0 bridgehead atoms. The van der Waals surface area contributed by atoms with Crippen molar-refractivity contribution in [2.24, 2.45) is 0 Å². The quantitative estimate of drug-likeness (QED) is 0.903. The third kappa shape index (κ3) is 3.46. The summed E-state index contributed by atoms with van der Waals surface area (Å²) in [7, 11) is 1.76. The SMILES string of the molecule is CNCc1cccc(F)c1OCc1ccc(Cl)cc1F. The monoisotopic (exact) mass is 297 g/mol. The van der Waals surface area contributed by atoms with Crippen molar-refractivity contribution < 1.29 is 13.5 Å².